The van der Waals surface area contributed by atoms with Crippen molar-refractivity contribution in [3.8, 4) is 0 Å². The summed E-state index contributed by atoms with van der Waals surface area (Å²) in [4.78, 5) is 12.9. The highest BCUT2D eigenvalue weighted by atomic mass is 16.3. The first-order chi connectivity index (χ1) is 7.24. The number of hydrogen-bond donors (Lipinski definition) is 2. The third-order valence-electron chi connectivity index (χ3n) is 2.23. The molecule has 0 atom stereocenters. The lowest BCUT2D eigenvalue weighted by atomic mass is 10.2. The first-order valence-corrected chi connectivity index (χ1v) is 4.53. The van der Waals surface area contributed by atoms with Gasteiger partial charge in [-0.25, -0.2) is 0 Å². The Hall–Kier alpha value is -1.88. The van der Waals surface area contributed by atoms with E-state index < -0.39 is 0 Å². The molecule has 5 nitrogen and oxygen atoms in total. The van der Waals surface area contributed by atoms with Crippen LogP contribution in [0.5, 0.6) is 0 Å². The molecule has 2 aromatic rings. The third-order valence-corrected chi connectivity index (χ3v) is 2.23. The molecular weight excluding hydrogens is 194 g/mol. The van der Waals surface area contributed by atoms with E-state index in [1.165, 1.54) is 11.9 Å². The molecule has 1 aromatic heterocycles. The number of benzene rings is 1. The molecule has 78 valence electrons. The van der Waals surface area contributed by atoms with Crippen molar-refractivity contribution in [3.63, 3.8) is 0 Å². The summed E-state index contributed by atoms with van der Waals surface area (Å²) >= 11 is 0. The highest BCUT2D eigenvalue weighted by Crippen LogP contribution is 2.15. The maximum atomic E-state index is 11.7. The fraction of sp³-hybridized carbons (Fsp3) is 0.200. The Morgan fingerprint density at radius 2 is 2.27 bits per heavy atom. The maximum Gasteiger partial charge on any atom is 0.276 e. The van der Waals surface area contributed by atoms with Crippen LogP contribution in [0.2, 0.25) is 0 Å². The number of amides is 1. The van der Waals surface area contributed by atoms with Crippen LogP contribution in [0.3, 0.4) is 0 Å². The van der Waals surface area contributed by atoms with E-state index in [0.717, 1.165) is 10.9 Å². The second-order valence-electron chi connectivity index (χ2n) is 3.26. The molecule has 0 fully saturated rings. The number of carbonyl (C=O) groups is 1. The van der Waals surface area contributed by atoms with Gasteiger partial charge in [0.1, 0.15) is 6.73 Å². The topological polar surface area (TPSA) is 69.2 Å². The summed E-state index contributed by atoms with van der Waals surface area (Å²) in [7, 11) is 1.52. The largest absolute Gasteiger partial charge is 0.376 e. The summed E-state index contributed by atoms with van der Waals surface area (Å²) in [5, 5.41) is 16.3. The van der Waals surface area contributed by atoms with Crippen LogP contribution in [0.25, 0.3) is 10.9 Å². The molecule has 0 radical (unpaired) electrons. The Kier molecular flexibility index (Phi) is 2.39. The summed E-state index contributed by atoms with van der Waals surface area (Å²) in [5.74, 6) is -0.296. The molecule has 0 aliphatic heterocycles. The normalized spacial score (nSPS) is 10.5. The van der Waals surface area contributed by atoms with Crippen LogP contribution in [0, 0.1) is 0 Å². The van der Waals surface area contributed by atoms with Crippen LogP contribution < -0.4 is 0 Å². The van der Waals surface area contributed by atoms with Crippen molar-refractivity contribution >= 4 is 16.8 Å². The van der Waals surface area contributed by atoms with E-state index in [2.05, 4.69) is 10.2 Å². The van der Waals surface area contributed by atoms with Crippen molar-refractivity contribution in [2.24, 2.45) is 0 Å². The lowest BCUT2D eigenvalue weighted by Crippen LogP contribution is -2.27. The lowest BCUT2D eigenvalue weighted by Gasteiger charge is -2.11. The van der Waals surface area contributed by atoms with Crippen molar-refractivity contribution < 1.29 is 9.90 Å². The highest BCUT2D eigenvalue weighted by molar-refractivity contribution is 6.04. The Morgan fingerprint density at radius 3 is 3.00 bits per heavy atom. The fourth-order valence-corrected chi connectivity index (χ4v) is 1.37. The Balaban J connectivity index is 2.48. The summed E-state index contributed by atoms with van der Waals surface area (Å²) in [6.45, 7) is -0.319. The summed E-state index contributed by atoms with van der Waals surface area (Å²) < 4.78 is 0. The minimum Gasteiger partial charge on any atom is -0.376 e. The number of aliphatic hydroxyl groups excluding tert-OH is 1. The van der Waals surface area contributed by atoms with Gasteiger partial charge in [-0.15, -0.1) is 0 Å². The van der Waals surface area contributed by atoms with Crippen molar-refractivity contribution in [3.05, 3.63) is 30.0 Å². The average molecular weight is 205 g/mol. The predicted octanol–water partition coefficient (Wildman–Crippen LogP) is 0.585. The molecule has 2 rings (SSSR count). The highest BCUT2D eigenvalue weighted by Gasteiger charge is 2.16. The van der Waals surface area contributed by atoms with Gasteiger partial charge in [0.2, 0.25) is 0 Å². The minimum atomic E-state index is -0.319. The molecule has 2 N–H and O–H groups in total. The van der Waals surface area contributed by atoms with E-state index in [-0.39, 0.29) is 12.6 Å². The van der Waals surface area contributed by atoms with Crippen molar-refractivity contribution in [2.45, 2.75) is 0 Å². The molecule has 0 saturated carbocycles. The number of nitrogens with one attached hydrogen (secondary N) is 1. The monoisotopic (exact) mass is 205 g/mol. The zero-order chi connectivity index (χ0) is 10.8. The van der Waals surface area contributed by atoms with Gasteiger partial charge < -0.3 is 10.0 Å². The van der Waals surface area contributed by atoms with Gasteiger partial charge in [-0.1, -0.05) is 18.2 Å². The molecule has 0 unspecified atom stereocenters. The van der Waals surface area contributed by atoms with Gasteiger partial charge in [0.05, 0.1) is 5.52 Å². The van der Waals surface area contributed by atoms with Crippen molar-refractivity contribution in [1.82, 2.24) is 15.1 Å². The zero-order valence-corrected chi connectivity index (χ0v) is 8.27. The Morgan fingerprint density at radius 1 is 1.53 bits per heavy atom. The molecular formula is C10H11N3O2. The standard InChI is InChI=1S/C10H11N3O2/c1-13(6-14)10(15)9-7-4-2-3-5-8(7)11-12-9/h2-5,14H,6H2,1H3,(H,11,12). The van der Waals surface area contributed by atoms with Gasteiger partial charge in [0.25, 0.3) is 5.91 Å². The number of aromatic amines is 1. The van der Waals surface area contributed by atoms with Crippen LogP contribution in [0.4, 0.5) is 0 Å². The van der Waals surface area contributed by atoms with Crippen molar-refractivity contribution in [1.29, 1.82) is 0 Å². The summed E-state index contributed by atoms with van der Waals surface area (Å²) in [5.41, 5.74) is 1.15. The lowest BCUT2D eigenvalue weighted by molar-refractivity contribution is 0.0625. The summed E-state index contributed by atoms with van der Waals surface area (Å²) in [6, 6.07) is 7.37. The molecule has 0 aliphatic rings. The maximum absolute atomic E-state index is 11.7. The molecule has 0 aliphatic carbocycles. The van der Waals surface area contributed by atoms with Crippen LogP contribution in [-0.2, 0) is 0 Å². The van der Waals surface area contributed by atoms with E-state index in [9.17, 15) is 4.79 Å². The van der Waals surface area contributed by atoms with Gasteiger partial charge >= 0.3 is 0 Å². The van der Waals surface area contributed by atoms with E-state index in [4.69, 9.17) is 5.11 Å². The molecule has 5 heteroatoms. The number of fused-ring (bicyclic) bond motifs is 1. The quantitative estimate of drug-likeness (QED) is 0.705. The van der Waals surface area contributed by atoms with Crippen LogP contribution in [0.1, 0.15) is 10.5 Å². The number of aliphatic hydroxyl groups is 1. The summed E-state index contributed by atoms with van der Waals surface area (Å²) in [6.07, 6.45) is 0. The number of para-hydroxylation sites is 1. The number of H-pyrrole nitrogens is 1. The number of nitrogens with zero attached hydrogens (tertiary/aromatic N) is 2. The van der Waals surface area contributed by atoms with Crippen molar-refractivity contribution in [2.75, 3.05) is 13.8 Å². The number of aromatic nitrogens is 2. The van der Waals surface area contributed by atoms with Crippen LogP contribution in [0.15, 0.2) is 24.3 Å². The van der Waals surface area contributed by atoms with Gasteiger partial charge in [0.15, 0.2) is 5.69 Å². The predicted molar refractivity (Wildman–Crippen MR) is 55.3 cm³/mol. The van der Waals surface area contributed by atoms with Crippen LogP contribution >= 0.6 is 0 Å². The van der Waals surface area contributed by atoms with Crippen LogP contribution in [-0.4, -0.2) is 39.9 Å². The molecule has 0 bridgehead atoms. The third kappa shape index (κ3) is 1.57. The van der Waals surface area contributed by atoms with Gasteiger partial charge in [0, 0.05) is 12.4 Å². The number of carbonyl (C=O) groups excluding carboxylic acids is 1. The second kappa shape index (κ2) is 3.70. The first kappa shape index (κ1) is 9.67. The molecule has 0 saturated heterocycles. The smallest absolute Gasteiger partial charge is 0.276 e. The van der Waals surface area contributed by atoms with E-state index in [0.29, 0.717) is 5.69 Å². The molecule has 1 heterocycles. The van der Waals surface area contributed by atoms with Gasteiger partial charge in [-0.05, 0) is 6.07 Å². The first-order valence-electron chi connectivity index (χ1n) is 4.53. The average Bonchev–Trinajstić information content (AvgIpc) is 2.70. The van der Waals surface area contributed by atoms with E-state index >= 15 is 0 Å². The van der Waals surface area contributed by atoms with Gasteiger partial charge in [-0.2, -0.15) is 5.10 Å². The number of rotatable bonds is 2. The fourth-order valence-electron chi connectivity index (χ4n) is 1.37. The molecule has 0 spiro atoms. The van der Waals surface area contributed by atoms with E-state index in [1.54, 1.807) is 0 Å². The molecule has 1 amide bonds. The molecule has 1 aromatic carbocycles. The second-order valence-corrected chi connectivity index (χ2v) is 3.26. The Labute approximate surface area is 86.3 Å². The SMILES string of the molecule is CN(CO)C(=O)c1n[nH]c2ccccc12. The van der Waals surface area contributed by atoms with Gasteiger partial charge in [-0.3, -0.25) is 9.89 Å². The zero-order valence-electron chi connectivity index (χ0n) is 8.27. The van der Waals surface area contributed by atoms with E-state index in [1.807, 2.05) is 24.3 Å². The molecule has 15 heavy (non-hydrogen) atoms. The number of hydrogen-bond acceptors (Lipinski definition) is 3. The minimum absolute atomic E-state index is 0.296. The Bertz CT molecular complexity index is 492.